The fraction of sp³-hybridized carbons (Fsp3) is 0.500. The van der Waals surface area contributed by atoms with Crippen LogP contribution in [0.1, 0.15) is 37.5 Å². The highest BCUT2D eigenvalue weighted by Gasteiger charge is 2.23. The van der Waals surface area contributed by atoms with Crippen LogP contribution in [0.3, 0.4) is 0 Å². The maximum Gasteiger partial charge on any atom is 0.272 e. The zero-order valence-corrected chi connectivity index (χ0v) is 15.5. The van der Waals surface area contributed by atoms with Gasteiger partial charge >= 0.3 is 0 Å². The molecule has 0 aromatic carbocycles. The molecule has 6 nitrogen and oxygen atoms in total. The highest BCUT2D eigenvalue weighted by atomic mass is 32.2. The quantitative estimate of drug-likeness (QED) is 0.877. The summed E-state index contributed by atoms with van der Waals surface area (Å²) in [5.41, 5.74) is 0. The molecule has 2 aromatic heterocycles. The summed E-state index contributed by atoms with van der Waals surface area (Å²) in [5, 5.41) is 8.30. The number of anilines is 2. The predicted molar refractivity (Wildman–Crippen MR) is 97.2 cm³/mol. The van der Waals surface area contributed by atoms with Gasteiger partial charge in [0.05, 0.1) is 0 Å². The second-order valence-corrected chi connectivity index (χ2v) is 9.20. The first-order chi connectivity index (χ1) is 11.5. The minimum absolute atomic E-state index is 0.245. The van der Waals surface area contributed by atoms with Gasteiger partial charge in [-0.1, -0.05) is 6.92 Å². The van der Waals surface area contributed by atoms with Crippen molar-refractivity contribution >= 4 is 33.0 Å². The summed E-state index contributed by atoms with van der Waals surface area (Å²) in [5.74, 6) is 1.06. The summed E-state index contributed by atoms with van der Waals surface area (Å²) in [6.45, 7) is 5.04. The molecule has 0 spiro atoms. The van der Waals surface area contributed by atoms with Crippen molar-refractivity contribution in [3.05, 3.63) is 29.1 Å². The van der Waals surface area contributed by atoms with Gasteiger partial charge in [-0.3, -0.25) is 4.72 Å². The second kappa shape index (κ2) is 7.06. The van der Waals surface area contributed by atoms with Gasteiger partial charge in [-0.2, -0.15) is 0 Å². The van der Waals surface area contributed by atoms with Gasteiger partial charge in [0.1, 0.15) is 4.21 Å². The largest absolute Gasteiger partial charge is 0.352 e. The SMILES string of the molecule is CCC1CCCCN1c1ccc(NS(=O)(=O)c2ccc(C)s2)nn1. The van der Waals surface area contributed by atoms with E-state index in [0.29, 0.717) is 6.04 Å². The van der Waals surface area contributed by atoms with E-state index in [1.54, 1.807) is 18.2 Å². The highest BCUT2D eigenvalue weighted by molar-refractivity contribution is 7.94. The van der Waals surface area contributed by atoms with Crippen LogP contribution in [0.2, 0.25) is 0 Å². The molecule has 0 radical (unpaired) electrons. The van der Waals surface area contributed by atoms with Crippen LogP contribution in [-0.2, 0) is 10.0 Å². The number of hydrogen-bond acceptors (Lipinski definition) is 6. The number of nitrogens with one attached hydrogen (secondary N) is 1. The second-order valence-electron chi connectivity index (χ2n) is 6.00. The molecule has 3 heterocycles. The Kier molecular flexibility index (Phi) is 5.05. The molecule has 1 saturated heterocycles. The van der Waals surface area contributed by atoms with Crippen molar-refractivity contribution in [2.24, 2.45) is 0 Å². The summed E-state index contributed by atoms with van der Waals surface area (Å²) in [7, 11) is -3.59. The monoisotopic (exact) mass is 366 g/mol. The van der Waals surface area contributed by atoms with E-state index in [4.69, 9.17) is 0 Å². The van der Waals surface area contributed by atoms with Crippen LogP contribution in [0.5, 0.6) is 0 Å². The molecule has 1 aliphatic rings. The Morgan fingerprint density at radius 3 is 2.71 bits per heavy atom. The minimum Gasteiger partial charge on any atom is -0.352 e. The van der Waals surface area contributed by atoms with Gasteiger partial charge in [-0.05, 0) is 56.9 Å². The van der Waals surface area contributed by atoms with Crippen molar-refractivity contribution in [3.8, 4) is 0 Å². The normalized spacial score (nSPS) is 18.6. The van der Waals surface area contributed by atoms with Crippen LogP contribution in [0.15, 0.2) is 28.5 Å². The fourth-order valence-electron chi connectivity index (χ4n) is 3.00. The van der Waals surface area contributed by atoms with Crippen LogP contribution in [0.25, 0.3) is 0 Å². The van der Waals surface area contributed by atoms with Crippen molar-refractivity contribution in [1.29, 1.82) is 0 Å². The Hall–Kier alpha value is -1.67. The Morgan fingerprint density at radius 2 is 2.08 bits per heavy atom. The minimum atomic E-state index is -3.59. The third kappa shape index (κ3) is 3.70. The number of thiophene rings is 1. The Bertz CT molecular complexity index is 787. The fourth-order valence-corrected chi connectivity index (χ4v) is 5.28. The van der Waals surface area contributed by atoms with E-state index >= 15 is 0 Å². The van der Waals surface area contributed by atoms with Crippen LogP contribution >= 0.6 is 11.3 Å². The molecule has 1 atom stereocenters. The van der Waals surface area contributed by atoms with Crippen molar-refractivity contribution in [3.63, 3.8) is 0 Å². The molecule has 130 valence electrons. The molecule has 1 fully saturated rings. The molecule has 0 aliphatic carbocycles. The first kappa shape index (κ1) is 17.2. The summed E-state index contributed by atoms with van der Waals surface area (Å²) < 4.78 is 27.4. The summed E-state index contributed by atoms with van der Waals surface area (Å²) in [4.78, 5) is 3.23. The third-order valence-electron chi connectivity index (χ3n) is 4.26. The van der Waals surface area contributed by atoms with Gasteiger partial charge in [0.2, 0.25) is 0 Å². The first-order valence-corrected chi connectivity index (χ1v) is 10.5. The summed E-state index contributed by atoms with van der Waals surface area (Å²) in [6, 6.07) is 7.41. The average Bonchev–Trinajstić information content (AvgIpc) is 3.03. The van der Waals surface area contributed by atoms with Crippen molar-refractivity contribution in [2.75, 3.05) is 16.2 Å². The van der Waals surface area contributed by atoms with E-state index in [-0.39, 0.29) is 10.0 Å². The summed E-state index contributed by atoms with van der Waals surface area (Å²) >= 11 is 1.24. The molecule has 1 aliphatic heterocycles. The Morgan fingerprint density at radius 1 is 1.25 bits per heavy atom. The van der Waals surface area contributed by atoms with Crippen LogP contribution < -0.4 is 9.62 Å². The molecule has 1 N–H and O–H groups in total. The molecule has 0 amide bonds. The summed E-state index contributed by atoms with van der Waals surface area (Å²) in [6.07, 6.45) is 4.66. The molecule has 2 aromatic rings. The molecule has 8 heteroatoms. The molecule has 0 bridgehead atoms. The van der Waals surface area contributed by atoms with Crippen molar-refractivity contribution in [2.45, 2.75) is 49.8 Å². The number of rotatable bonds is 5. The van der Waals surface area contributed by atoms with Crippen molar-refractivity contribution < 1.29 is 8.42 Å². The maximum absolute atomic E-state index is 12.3. The number of aromatic nitrogens is 2. The van der Waals surface area contributed by atoms with Gasteiger partial charge in [-0.25, -0.2) is 8.42 Å². The average molecular weight is 367 g/mol. The Balaban J connectivity index is 1.75. The molecule has 0 saturated carbocycles. The van der Waals surface area contributed by atoms with Gasteiger partial charge in [0.25, 0.3) is 10.0 Å². The lowest BCUT2D eigenvalue weighted by Crippen LogP contribution is -2.39. The molecule has 3 rings (SSSR count). The first-order valence-electron chi connectivity index (χ1n) is 8.19. The van der Waals surface area contributed by atoms with E-state index in [9.17, 15) is 8.42 Å². The maximum atomic E-state index is 12.3. The molecular weight excluding hydrogens is 344 g/mol. The lowest BCUT2D eigenvalue weighted by Gasteiger charge is -2.35. The van der Waals surface area contributed by atoms with Crippen molar-refractivity contribution in [1.82, 2.24) is 10.2 Å². The van der Waals surface area contributed by atoms with Gasteiger partial charge < -0.3 is 4.90 Å². The lowest BCUT2D eigenvalue weighted by molar-refractivity contribution is 0.445. The lowest BCUT2D eigenvalue weighted by atomic mass is 10.0. The Labute approximate surface area is 147 Å². The number of hydrogen-bond donors (Lipinski definition) is 1. The predicted octanol–water partition coefficient (Wildman–Crippen LogP) is 3.42. The van der Waals surface area contributed by atoms with Crippen LogP contribution in [0.4, 0.5) is 11.6 Å². The van der Waals surface area contributed by atoms with E-state index in [2.05, 4.69) is 26.7 Å². The van der Waals surface area contributed by atoms with E-state index in [0.717, 1.165) is 30.1 Å². The smallest absolute Gasteiger partial charge is 0.272 e. The topological polar surface area (TPSA) is 75.2 Å². The van der Waals surface area contributed by atoms with E-state index < -0.39 is 10.0 Å². The van der Waals surface area contributed by atoms with Gasteiger partial charge in [0.15, 0.2) is 11.6 Å². The zero-order valence-electron chi connectivity index (χ0n) is 13.9. The number of aryl methyl sites for hydroxylation is 1. The zero-order chi connectivity index (χ0) is 17.2. The van der Waals surface area contributed by atoms with Gasteiger partial charge in [0, 0.05) is 17.5 Å². The highest BCUT2D eigenvalue weighted by Crippen LogP contribution is 2.26. The van der Waals surface area contributed by atoms with Gasteiger partial charge in [-0.15, -0.1) is 21.5 Å². The molecule has 1 unspecified atom stereocenters. The van der Waals surface area contributed by atoms with E-state index in [1.807, 2.05) is 13.0 Å². The number of piperidine rings is 1. The standard InChI is InChI=1S/C16H22N4O2S2/c1-3-13-6-4-5-11-20(13)15-9-8-14(17-18-15)19-24(21,22)16-10-7-12(2)23-16/h7-10,13H,3-6,11H2,1-2H3,(H,17,19). The van der Waals surface area contributed by atoms with Crippen LogP contribution in [-0.4, -0.2) is 31.2 Å². The third-order valence-corrected chi connectivity index (χ3v) is 7.11. The number of nitrogens with zero attached hydrogens (tertiary/aromatic N) is 3. The number of sulfonamides is 1. The molecular formula is C16H22N4O2S2. The van der Waals surface area contributed by atoms with Crippen LogP contribution in [0, 0.1) is 6.92 Å². The molecule has 24 heavy (non-hydrogen) atoms. The van der Waals surface area contributed by atoms with E-state index in [1.165, 1.54) is 24.2 Å².